The standard InChI is InChI=1S/C24H18ClFN2O4/c25-23-20(32-14-15-4-2-1-3-5-15)9-7-17(26)22(23)24(30)16-6-8-18-19(12-16)28-21(13-27-18)31-11-10-29/h1-9,12-13,29H,10-11,14H2. The SMILES string of the molecule is O=C(c1ccc2ncc(OCCO)nc2c1)c1c(F)ccc(OCc2ccccc2)c1Cl. The van der Waals surface area contributed by atoms with Crippen LogP contribution in [-0.2, 0) is 6.61 Å². The van der Waals surface area contributed by atoms with Crippen molar-refractivity contribution in [3.05, 3.63) is 94.4 Å². The number of ether oxygens (including phenoxy) is 2. The summed E-state index contributed by atoms with van der Waals surface area (Å²) in [4.78, 5) is 21.6. The molecule has 6 nitrogen and oxygen atoms in total. The van der Waals surface area contributed by atoms with Crippen LogP contribution in [0.4, 0.5) is 4.39 Å². The van der Waals surface area contributed by atoms with Crippen molar-refractivity contribution in [3.8, 4) is 11.6 Å². The van der Waals surface area contributed by atoms with Crippen molar-refractivity contribution in [2.75, 3.05) is 13.2 Å². The molecule has 0 saturated heterocycles. The van der Waals surface area contributed by atoms with Crippen molar-refractivity contribution in [2.45, 2.75) is 6.61 Å². The highest BCUT2D eigenvalue weighted by Gasteiger charge is 2.22. The first-order valence-electron chi connectivity index (χ1n) is 9.76. The van der Waals surface area contributed by atoms with E-state index in [9.17, 15) is 9.18 Å². The number of aliphatic hydroxyl groups is 1. The molecule has 162 valence electrons. The highest BCUT2D eigenvalue weighted by molar-refractivity contribution is 6.36. The third-order valence-electron chi connectivity index (χ3n) is 4.64. The van der Waals surface area contributed by atoms with E-state index in [1.54, 1.807) is 6.07 Å². The summed E-state index contributed by atoms with van der Waals surface area (Å²) >= 11 is 6.37. The average molecular weight is 453 g/mol. The third-order valence-corrected chi connectivity index (χ3v) is 5.02. The molecule has 4 rings (SSSR count). The van der Waals surface area contributed by atoms with E-state index in [1.165, 1.54) is 24.4 Å². The molecular weight excluding hydrogens is 435 g/mol. The van der Waals surface area contributed by atoms with Crippen molar-refractivity contribution >= 4 is 28.4 Å². The highest BCUT2D eigenvalue weighted by Crippen LogP contribution is 2.33. The summed E-state index contributed by atoms with van der Waals surface area (Å²) in [6.45, 7) is 0.121. The van der Waals surface area contributed by atoms with Gasteiger partial charge in [-0.25, -0.2) is 14.4 Å². The van der Waals surface area contributed by atoms with Gasteiger partial charge in [-0.15, -0.1) is 0 Å². The molecule has 1 aromatic heterocycles. The zero-order chi connectivity index (χ0) is 22.5. The molecule has 3 aromatic carbocycles. The number of ketones is 1. The van der Waals surface area contributed by atoms with Crippen molar-refractivity contribution in [1.82, 2.24) is 9.97 Å². The van der Waals surface area contributed by atoms with Gasteiger partial charge >= 0.3 is 0 Å². The van der Waals surface area contributed by atoms with Crippen LogP contribution in [0.5, 0.6) is 11.6 Å². The molecule has 4 aromatic rings. The van der Waals surface area contributed by atoms with Gasteiger partial charge in [-0.2, -0.15) is 0 Å². The van der Waals surface area contributed by atoms with Gasteiger partial charge in [-0.05, 0) is 35.9 Å². The van der Waals surface area contributed by atoms with Gasteiger partial charge in [-0.3, -0.25) is 4.79 Å². The molecule has 0 aliphatic carbocycles. The Labute approximate surface area is 188 Å². The van der Waals surface area contributed by atoms with Crippen LogP contribution in [0.3, 0.4) is 0 Å². The lowest BCUT2D eigenvalue weighted by Crippen LogP contribution is -2.08. The van der Waals surface area contributed by atoms with Crippen LogP contribution >= 0.6 is 11.6 Å². The molecule has 0 atom stereocenters. The largest absolute Gasteiger partial charge is 0.487 e. The van der Waals surface area contributed by atoms with Crippen molar-refractivity contribution in [3.63, 3.8) is 0 Å². The van der Waals surface area contributed by atoms with E-state index in [1.807, 2.05) is 30.3 Å². The van der Waals surface area contributed by atoms with Crippen molar-refractivity contribution < 1.29 is 23.8 Å². The number of rotatable bonds is 8. The Hall–Kier alpha value is -3.55. The Kier molecular flexibility index (Phi) is 6.58. The first-order chi connectivity index (χ1) is 15.6. The molecule has 0 spiro atoms. The fourth-order valence-corrected chi connectivity index (χ4v) is 3.38. The van der Waals surface area contributed by atoms with Crippen LogP contribution in [0.1, 0.15) is 21.5 Å². The summed E-state index contributed by atoms with van der Waals surface area (Å²) in [6, 6.07) is 16.6. The molecule has 0 fully saturated rings. The van der Waals surface area contributed by atoms with E-state index < -0.39 is 11.6 Å². The van der Waals surface area contributed by atoms with Crippen LogP contribution in [0.2, 0.25) is 5.02 Å². The Morgan fingerprint density at radius 1 is 1.03 bits per heavy atom. The molecule has 1 N–H and O–H groups in total. The van der Waals surface area contributed by atoms with Gasteiger partial charge in [0.25, 0.3) is 0 Å². The second-order valence-electron chi connectivity index (χ2n) is 6.82. The summed E-state index contributed by atoms with van der Waals surface area (Å²) in [7, 11) is 0. The van der Waals surface area contributed by atoms with E-state index in [0.29, 0.717) is 11.0 Å². The Bertz CT molecular complexity index is 1270. The highest BCUT2D eigenvalue weighted by atomic mass is 35.5. The third kappa shape index (κ3) is 4.69. The number of benzene rings is 3. The molecular formula is C24H18ClFN2O4. The number of fused-ring (bicyclic) bond motifs is 1. The monoisotopic (exact) mass is 452 g/mol. The number of aliphatic hydroxyl groups excluding tert-OH is 1. The maximum Gasteiger partial charge on any atom is 0.232 e. The fraction of sp³-hybridized carbons (Fsp3) is 0.125. The summed E-state index contributed by atoms with van der Waals surface area (Å²) < 4.78 is 25.6. The first kappa shape index (κ1) is 21.7. The molecule has 0 amide bonds. The number of carbonyl (C=O) groups is 1. The average Bonchev–Trinajstić information content (AvgIpc) is 2.82. The first-order valence-corrected chi connectivity index (χ1v) is 10.1. The molecule has 0 bridgehead atoms. The molecule has 8 heteroatoms. The van der Waals surface area contributed by atoms with Crippen molar-refractivity contribution in [2.24, 2.45) is 0 Å². The summed E-state index contributed by atoms with van der Waals surface area (Å²) in [5, 5.41) is 8.79. The normalized spacial score (nSPS) is 10.8. The van der Waals surface area contributed by atoms with E-state index >= 15 is 0 Å². The maximum atomic E-state index is 14.6. The van der Waals surface area contributed by atoms with Gasteiger partial charge in [0, 0.05) is 5.56 Å². The lowest BCUT2D eigenvalue weighted by molar-refractivity contribution is 0.103. The van der Waals surface area contributed by atoms with E-state index in [-0.39, 0.29) is 47.6 Å². The minimum absolute atomic E-state index is 0.0649. The summed E-state index contributed by atoms with van der Waals surface area (Å²) in [6.07, 6.45) is 1.42. The number of hydrogen-bond acceptors (Lipinski definition) is 6. The van der Waals surface area contributed by atoms with Gasteiger partial charge in [0.15, 0.2) is 5.78 Å². The van der Waals surface area contributed by atoms with Crippen LogP contribution in [0, 0.1) is 5.82 Å². The fourth-order valence-electron chi connectivity index (χ4n) is 3.09. The number of hydrogen-bond donors (Lipinski definition) is 1. The quantitative estimate of drug-likeness (QED) is 0.393. The Balaban J connectivity index is 1.63. The zero-order valence-electron chi connectivity index (χ0n) is 16.8. The van der Waals surface area contributed by atoms with Gasteiger partial charge in [0.1, 0.15) is 24.8 Å². The summed E-state index contributed by atoms with van der Waals surface area (Å²) in [5.74, 6) is -0.946. The maximum absolute atomic E-state index is 14.6. The van der Waals surface area contributed by atoms with Crippen LogP contribution in [0.25, 0.3) is 11.0 Å². The second-order valence-corrected chi connectivity index (χ2v) is 7.20. The molecule has 0 unspecified atom stereocenters. The number of aromatic nitrogens is 2. The molecule has 1 heterocycles. The topological polar surface area (TPSA) is 81.5 Å². The van der Waals surface area contributed by atoms with Crippen LogP contribution in [0.15, 0.2) is 66.9 Å². The smallest absolute Gasteiger partial charge is 0.232 e. The van der Waals surface area contributed by atoms with E-state index in [2.05, 4.69) is 9.97 Å². The molecule has 32 heavy (non-hydrogen) atoms. The number of halogens is 2. The number of nitrogens with zero attached hydrogens (tertiary/aromatic N) is 2. The number of carbonyl (C=O) groups excluding carboxylic acids is 1. The summed E-state index contributed by atoms with van der Waals surface area (Å²) in [5.41, 5.74) is 1.74. The van der Waals surface area contributed by atoms with Gasteiger partial charge < -0.3 is 14.6 Å². The lowest BCUT2D eigenvalue weighted by Gasteiger charge is -2.12. The van der Waals surface area contributed by atoms with E-state index in [0.717, 1.165) is 11.6 Å². The van der Waals surface area contributed by atoms with Gasteiger partial charge in [-0.1, -0.05) is 41.9 Å². The second kappa shape index (κ2) is 9.72. The zero-order valence-corrected chi connectivity index (χ0v) is 17.6. The lowest BCUT2D eigenvalue weighted by atomic mass is 10.0. The predicted molar refractivity (Wildman–Crippen MR) is 118 cm³/mol. The van der Waals surface area contributed by atoms with Crippen LogP contribution in [-0.4, -0.2) is 34.1 Å². The molecule has 0 saturated carbocycles. The van der Waals surface area contributed by atoms with E-state index in [4.69, 9.17) is 26.2 Å². The Morgan fingerprint density at radius 2 is 1.84 bits per heavy atom. The minimum Gasteiger partial charge on any atom is -0.487 e. The van der Waals surface area contributed by atoms with Gasteiger partial charge in [0.05, 0.1) is 34.4 Å². The Morgan fingerprint density at radius 3 is 2.62 bits per heavy atom. The predicted octanol–water partition coefficient (Wildman–Crippen LogP) is 4.60. The molecule has 0 radical (unpaired) electrons. The molecule has 0 aliphatic rings. The van der Waals surface area contributed by atoms with Crippen molar-refractivity contribution in [1.29, 1.82) is 0 Å². The van der Waals surface area contributed by atoms with Gasteiger partial charge in [0.2, 0.25) is 5.88 Å². The van der Waals surface area contributed by atoms with Crippen LogP contribution < -0.4 is 9.47 Å². The minimum atomic E-state index is -0.752. The molecule has 0 aliphatic heterocycles.